The molecule has 0 radical (unpaired) electrons. The summed E-state index contributed by atoms with van der Waals surface area (Å²) in [6.45, 7) is 10.5. The van der Waals surface area contributed by atoms with Crippen LogP contribution >= 0.6 is 11.8 Å². The molecule has 0 saturated carbocycles. The van der Waals surface area contributed by atoms with Gasteiger partial charge in [0.05, 0.1) is 25.2 Å². The number of anilines is 1. The number of unbranched alkanes of at least 4 members (excludes halogenated alkanes) is 1. The summed E-state index contributed by atoms with van der Waals surface area (Å²) in [5.41, 5.74) is 8.06. The monoisotopic (exact) mass is 522 g/mol. The van der Waals surface area contributed by atoms with E-state index in [1.807, 2.05) is 12.1 Å². The topological polar surface area (TPSA) is 75.5 Å². The van der Waals surface area contributed by atoms with E-state index < -0.39 is 0 Å². The second kappa shape index (κ2) is 11.6. The van der Waals surface area contributed by atoms with Gasteiger partial charge in [-0.1, -0.05) is 51.9 Å². The zero-order valence-electron chi connectivity index (χ0n) is 22.8. The molecule has 2 heterocycles. The average molecular weight is 523 g/mol. The first kappa shape index (κ1) is 27.0. The normalized spacial score (nSPS) is 19.1. The molecule has 1 atom stereocenters. The highest BCUT2D eigenvalue weighted by Gasteiger charge is 2.35. The fraction of sp³-hybridized carbons (Fsp3) is 0.483. The van der Waals surface area contributed by atoms with Crippen LogP contribution in [0.25, 0.3) is 0 Å². The maximum absolute atomic E-state index is 11.9. The van der Waals surface area contributed by atoms with Crippen LogP contribution < -0.4 is 19.8 Å². The molecule has 198 valence electrons. The highest BCUT2D eigenvalue weighted by Crippen LogP contribution is 2.42. The Hall–Kier alpha value is -3.00. The van der Waals surface area contributed by atoms with Gasteiger partial charge < -0.3 is 14.4 Å². The lowest BCUT2D eigenvalue weighted by atomic mass is 9.76. The summed E-state index contributed by atoms with van der Waals surface area (Å²) in [5, 5.41) is 4.40. The molecule has 0 fully saturated rings. The number of aliphatic imine (C=N–C) groups is 1. The smallest absolute Gasteiger partial charge is 0.299 e. The number of hydrazone groups is 1. The van der Waals surface area contributed by atoms with Crippen LogP contribution in [0.15, 0.2) is 46.5 Å². The Morgan fingerprint density at radius 2 is 1.95 bits per heavy atom. The van der Waals surface area contributed by atoms with E-state index in [0.717, 1.165) is 67.1 Å². The molecule has 0 aliphatic carbocycles. The third kappa shape index (κ3) is 5.64. The van der Waals surface area contributed by atoms with Gasteiger partial charge in [-0.25, -0.2) is 5.43 Å². The summed E-state index contributed by atoms with van der Waals surface area (Å²) in [7, 11) is 3.31. The van der Waals surface area contributed by atoms with Crippen molar-refractivity contribution in [3.05, 3.63) is 53.1 Å². The van der Waals surface area contributed by atoms with Gasteiger partial charge in [-0.3, -0.25) is 9.79 Å². The van der Waals surface area contributed by atoms with E-state index in [2.05, 4.69) is 67.4 Å². The average Bonchev–Trinajstić information content (AvgIpc) is 2.91. The quantitative estimate of drug-likeness (QED) is 0.247. The van der Waals surface area contributed by atoms with Crippen LogP contribution in [-0.2, 0) is 5.41 Å². The van der Waals surface area contributed by atoms with Gasteiger partial charge in [0.15, 0.2) is 11.5 Å². The number of nitrogens with one attached hydrogen (secondary N) is 1. The van der Waals surface area contributed by atoms with Gasteiger partial charge in [-0.15, -0.1) is 0 Å². The zero-order chi connectivity index (χ0) is 26.6. The molecule has 7 nitrogen and oxygen atoms in total. The van der Waals surface area contributed by atoms with Gasteiger partial charge in [-0.05, 0) is 66.1 Å². The SMILES string of the molecule is CCCCN=C(c1ccc(OC)c(OC)c1)N1CCC(C)(C)c2cc(C3=NNC(=O)SC3CC)ccc21. The van der Waals surface area contributed by atoms with Crippen molar-refractivity contribution in [2.24, 2.45) is 10.1 Å². The minimum atomic E-state index is -0.0945. The van der Waals surface area contributed by atoms with Crippen molar-refractivity contribution in [3.63, 3.8) is 0 Å². The number of benzene rings is 2. The van der Waals surface area contributed by atoms with E-state index in [9.17, 15) is 4.79 Å². The molecule has 2 aliphatic rings. The number of hydrogen-bond acceptors (Lipinski definition) is 6. The first-order valence-electron chi connectivity index (χ1n) is 13.1. The Labute approximate surface area is 224 Å². The zero-order valence-corrected chi connectivity index (χ0v) is 23.6. The molecular weight excluding hydrogens is 484 g/mol. The van der Waals surface area contributed by atoms with Crippen LogP contribution in [0, 0.1) is 0 Å². The van der Waals surface area contributed by atoms with E-state index in [1.54, 1.807) is 14.2 Å². The molecule has 0 aromatic heterocycles. The highest BCUT2D eigenvalue weighted by molar-refractivity contribution is 8.14. The molecule has 2 aliphatic heterocycles. The van der Waals surface area contributed by atoms with Gasteiger partial charge in [0.25, 0.3) is 5.24 Å². The summed E-state index contributed by atoms with van der Waals surface area (Å²) in [6, 6.07) is 12.6. The molecule has 37 heavy (non-hydrogen) atoms. The third-order valence-electron chi connectivity index (χ3n) is 7.14. The van der Waals surface area contributed by atoms with Crippen LogP contribution in [0.4, 0.5) is 10.5 Å². The number of nitrogens with zero attached hydrogens (tertiary/aromatic N) is 3. The number of carbonyl (C=O) groups is 1. The van der Waals surface area contributed by atoms with Crippen molar-refractivity contribution in [2.75, 3.05) is 32.2 Å². The minimum absolute atomic E-state index is 0.0126. The molecule has 2 aromatic rings. The van der Waals surface area contributed by atoms with Crippen molar-refractivity contribution >= 4 is 34.2 Å². The molecule has 0 saturated heterocycles. The van der Waals surface area contributed by atoms with Crippen molar-refractivity contribution < 1.29 is 14.3 Å². The molecule has 0 spiro atoms. The van der Waals surface area contributed by atoms with E-state index in [4.69, 9.17) is 14.5 Å². The number of amides is 1. The van der Waals surface area contributed by atoms with Gasteiger partial charge >= 0.3 is 0 Å². The highest BCUT2D eigenvalue weighted by atomic mass is 32.2. The minimum Gasteiger partial charge on any atom is -0.493 e. The Balaban J connectivity index is 1.80. The first-order valence-corrected chi connectivity index (χ1v) is 13.9. The van der Waals surface area contributed by atoms with Crippen LogP contribution in [-0.4, -0.2) is 49.3 Å². The maximum atomic E-state index is 11.9. The van der Waals surface area contributed by atoms with E-state index in [1.165, 1.54) is 17.3 Å². The Bertz CT molecular complexity index is 1210. The van der Waals surface area contributed by atoms with Crippen molar-refractivity contribution in [2.45, 2.75) is 64.0 Å². The first-order chi connectivity index (χ1) is 17.8. The van der Waals surface area contributed by atoms with Crippen LogP contribution in [0.5, 0.6) is 11.5 Å². The molecule has 4 rings (SSSR count). The van der Waals surface area contributed by atoms with Crippen LogP contribution in [0.1, 0.15) is 70.1 Å². The van der Waals surface area contributed by atoms with Gasteiger partial charge in [0, 0.05) is 24.3 Å². The Morgan fingerprint density at radius 3 is 2.65 bits per heavy atom. The van der Waals surface area contributed by atoms with Gasteiger partial charge in [-0.2, -0.15) is 5.10 Å². The maximum Gasteiger partial charge on any atom is 0.299 e. The molecule has 1 amide bonds. The standard InChI is InChI=1S/C29H38N4O3S/c1-7-9-15-30-27(20-11-13-23(35-5)24(18-20)36-6)33-16-14-29(3,4)21-17-19(10-12-22(21)33)26-25(8-2)37-28(34)32-31-26/h10-13,17-18,25H,7-9,14-16H2,1-6H3,(H,32,34). The molecular formula is C29H38N4O3S. The molecule has 2 aromatic carbocycles. The predicted molar refractivity (Wildman–Crippen MR) is 154 cm³/mol. The summed E-state index contributed by atoms with van der Waals surface area (Å²) >= 11 is 1.31. The molecule has 0 bridgehead atoms. The summed E-state index contributed by atoms with van der Waals surface area (Å²) < 4.78 is 11.1. The summed E-state index contributed by atoms with van der Waals surface area (Å²) in [5.74, 6) is 2.34. The summed E-state index contributed by atoms with van der Waals surface area (Å²) in [6.07, 6.45) is 3.95. The number of amidine groups is 1. The molecule has 8 heteroatoms. The number of rotatable bonds is 8. The summed E-state index contributed by atoms with van der Waals surface area (Å²) in [4.78, 5) is 19.3. The van der Waals surface area contributed by atoms with Crippen LogP contribution in [0.2, 0.25) is 0 Å². The van der Waals surface area contributed by atoms with Gasteiger partial charge in [0.2, 0.25) is 0 Å². The van der Waals surface area contributed by atoms with E-state index in [-0.39, 0.29) is 15.9 Å². The van der Waals surface area contributed by atoms with Crippen molar-refractivity contribution in [3.8, 4) is 11.5 Å². The number of hydrogen-bond donors (Lipinski definition) is 1. The number of fused-ring (bicyclic) bond motifs is 1. The number of methoxy groups -OCH3 is 2. The number of ether oxygens (including phenoxy) is 2. The number of carbonyl (C=O) groups excluding carboxylic acids is 1. The third-order valence-corrected chi connectivity index (χ3v) is 8.28. The largest absolute Gasteiger partial charge is 0.493 e. The lowest BCUT2D eigenvalue weighted by molar-refractivity contribution is 0.260. The lowest BCUT2D eigenvalue weighted by Crippen LogP contribution is -2.42. The lowest BCUT2D eigenvalue weighted by Gasteiger charge is -2.41. The van der Waals surface area contributed by atoms with Crippen LogP contribution in [0.3, 0.4) is 0 Å². The van der Waals surface area contributed by atoms with Gasteiger partial charge in [0.1, 0.15) is 5.84 Å². The number of thioether (sulfide) groups is 1. The fourth-order valence-electron chi connectivity index (χ4n) is 4.91. The van der Waals surface area contributed by atoms with Crippen molar-refractivity contribution in [1.29, 1.82) is 0 Å². The predicted octanol–water partition coefficient (Wildman–Crippen LogP) is 6.38. The molecule has 1 unspecified atom stereocenters. The Kier molecular flexibility index (Phi) is 8.47. The van der Waals surface area contributed by atoms with E-state index in [0.29, 0.717) is 11.5 Å². The van der Waals surface area contributed by atoms with E-state index >= 15 is 0 Å². The Morgan fingerprint density at radius 1 is 1.16 bits per heavy atom. The fourth-order valence-corrected chi connectivity index (χ4v) is 5.73. The molecule has 1 N–H and O–H groups in total. The second-order valence-corrected chi connectivity index (χ2v) is 11.2. The second-order valence-electron chi connectivity index (χ2n) is 10.1. The van der Waals surface area contributed by atoms with Crippen molar-refractivity contribution in [1.82, 2.24) is 5.43 Å².